The van der Waals surface area contributed by atoms with Gasteiger partial charge in [-0.2, -0.15) is 13.2 Å². The van der Waals surface area contributed by atoms with Crippen LogP contribution in [0.2, 0.25) is 0 Å². The number of ether oxygens (including phenoxy) is 1. The van der Waals surface area contributed by atoms with Gasteiger partial charge in [0, 0.05) is 43.0 Å². The molecule has 3 aromatic heterocycles. The molecule has 3 aromatic rings. The molecular formula is C25H27F3N6OS2. The summed E-state index contributed by atoms with van der Waals surface area (Å²) in [5.74, 6) is 1.79. The fourth-order valence-corrected chi connectivity index (χ4v) is 7.29. The van der Waals surface area contributed by atoms with Gasteiger partial charge in [0.1, 0.15) is 17.0 Å². The minimum atomic E-state index is -4.57. The highest BCUT2D eigenvalue weighted by molar-refractivity contribution is 7.99. The van der Waals surface area contributed by atoms with Gasteiger partial charge in [0.05, 0.1) is 33.4 Å². The van der Waals surface area contributed by atoms with Gasteiger partial charge < -0.3 is 20.3 Å². The number of nitrogens with zero attached hydrogens (tertiary/aromatic N) is 4. The standard InChI is InChI=1S/C25H27F3N6OS2/c1-2-16-17(3-4-20(31-16)34-9-7-29-8-10-34)32-23-30-14-15(25(26,27)28)21(33-23)18-13-19-22(37-18)24(5-6-24)35-11-12-36-19/h3-4,13-14,29H,2,5-12H2,1H3,(H,30,32,33). The Hall–Kier alpha value is -2.41. The Morgan fingerprint density at radius 2 is 2.00 bits per heavy atom. The number of piperazine rings is 1. The third kappa shape index (κ3) is 4.91. The van der Waals surface area contributed by atoms with E-state index in [9.17, 15) is 13.2 Å². The van der Waals surface area contributed by atoms with E-state index in [0.29, 0.717) is 23.6 Å². The van der Waals surface area contributed by atoms with Crippen LogP contribution in [0.4, 0.5) is 30.6 Å². The van der Waals surface area contributed by atoms with E-state index in [1.165, 1.54) is 11.3 Å². The number of hydrogen-bond donors (Lipinski definition) is 2. The maximum atomic E-state index is 14.0. The van der Waals surface area contributed by atoms with Gasteiger partial charge in [-0.1, -0.05) is 6.92 Å². The van der Waals surface area contributed by atoms with E-state index >= 15 is 0 Å². The van der Waals surface area contributed by atoms with Crippen LogP contribution in [0.3, 0.4) is 0 Å². The van der Waals surface area contributed by atoms with Crippen LogP contribution < -0.4 is 15.5 Å². The van der Waals surface area contributed by atoms with Gasteiger partial charge in [0.15, 0.2) is 0 Å². The van der Waals surface area contributed by atoms with Crippen LogP contribution >= 0.6 is 23.1 Å². The molecule has 5 heterocycles. The van der Waals surface area contributed by atoms with Crippen LogP contribution in [-0.2, 0) is 22.9 Å². The topological polar surface area (TPSA) is 75.2 Å². The highest BCUT2D eigenvalue weighted by Crippen LogP contribution is 2.57. The molecule has 3 aliphatic rings. The number of halogens is 3. The van der Waals surface area contributed by atoms with Gasteiger partial charge in [-0.3, -0.25) is 0 Å². The van der Waals surface area contributed by atoms with Crippen LogP contribution in [0, 0.1) is 0 Å². The number of hydrogen-bond acceptors (Lipinski definition) is 9. The predicted molar refractivity (Wildman–Crippen MR) is 140 cm³/mol. The average Bonchev–Trinajstić information content (AvgIpc) is 3.60. The van der Waals surface area contributed by atoms with E-state index in [1.54, 1.807) is 11.8 Å². The minimum absolute atomic E-state index is 0.108. The van der Waals surface area contributed by atoms with Crippen molar-refractivity contribution in [2.24, 2.45) is 0 Å². The van der Waals surface area contributed by atoms with Crippen LogP contribution in [0.1, 0.15) is 35.9 Å². The summed E-state index contributed by atoms with van der Waals surface area (Å²) >= 11 is 2.99. The lowest BCUT2D eigenvalue weighted by atomic mass is 10.2. The molecule has 196 valence electrons. The number of nitrogens with one attached hydrogen (secondary N) is 2. The van der Waals surface area contributed by atoms with Crippen LogP contribution in [0.25, 0.3) is 10.6 Å². The van der Waals surface area contributed by atoms with E-state index < -0.39 is 11.7 Å². The van der Waals surface area contributed by atoms with Crippen LogP contribution in [0.15, 0.2) is 29.3 Å². The molecule has 1 saturated carbocycles. The number of anilines is 3. The third-order valence-corrected chi connectivity index (χ3v) is 9.30. The summed E-state index contributed by atoms with van der Waals surface area (Å²) in [6.07, 6.45) is -1.23. The molecule has 1 aliphatic carbocycles. The highest BCUT2D eigenvalue weighted by atomic mass is 32.2. The first-order valence-electron chi connectivity index (χ1n) is 12.4. The molecule has 0 unspecified atom stereocenters. The van der Waals surface area contributed by atoms with Gasteiger partial charge in [0.2, 0.25) is 5.95 Å². The zero-order chi connectivity index (χ0) is 25.6. The number of fused-ring (bicyclic) bond motifs is 2. The van der Waals surface area contributed by atoms with Gasteiger partial charge in [-0.05, 0) is 37.5 Å². The Morgan fingerprint density at radius 3 is 2.73 bits per heavy atom. The molecule has 2 N–H and O–H groups in total. The second kappa shape index (κ2) is 9.72. The maximum Gasteiger partial charge on any atom is 0.420 e. The lowest BCUT2D eigenvalue weighted by Crippen LogP contribution is -2.43. The Bertz CT molecular complexity index is 1300. The van der Waals surface area contributed by atoms with Crippen molar-refractivity contribution < 1.29 is 17.9 Å². The number of aryl methyl sites for hydroxylation is 1. The van der Waals surface area contributed by atoms with Crippen molar-refractivity contribution in [1.82, 2.24) is 20.3 Å². The number of thioether (sulfide) groups is 1. The Labute approximate surface area is 221 Å². The van der Waals surface area contributed by atoms with Crippen LogP contribution in [-0.4, -0.2) is 53.5 Å². The summed E-state index contributed by atoms with van der Waals surface area (Å²) in [6.45, 7) is 6.22. The summed E-state index contributed by atoms with van der Waals surface area (Å²) in [5, 5.41) is 6.47. The fraction of sp³-hybridized carbons (Fsp3) is 0.480. The number of pyridine rings is 1. The van der Waals surface area contributed by atoms with E-state index in [-0.39, 0.29) is 17.2 Å². The molecule has 1 spiro atoms. The smallest absolute Gasteiger partial charge is 0.369 e. The Kier molecular flexibility index (Phi) is 6.54. The first-order valence-corrected chi connectivity index (χ1v) is 14.2. The monoisotopic (exact) mass is 548 g/mol. The molecule has 2 fully saturated rings. The van der Waals surface area contributed by atoms with Gasteiger partial charge in [0.25, 0.3) is 0 Å². The van der Waals surface area contributed by atoms with Crippen molar-refractivity contribution in [3.63, 3.8) is 0 Å². The van der Waals surface area contributed by atoms with Crippen molar-refractivity contribution in [3.8, 4) is 10.6 Å². The molecule has 0 radical (unpaired) electrons. The molecule has 2 aliphatic heterocycles. The third-order valence-electron chi connectivity index (χ3n) is 6.84. The first kappa shape index (κ1) is 24.9. The lowest BCUT2D eigenvalue weighted by molar-refractivity contribution is -0.137. The van der Waals surface area contributed by atoms with E-state index in [4.69, 9.17) is 9.72 Å². The summed E-state index contributed by atoms with van der Waals surface area (Å²) in [4.78, 5) is 18.0. The highest BCUT2D eigenvalue weighted by Gasteiger charge is 2.50. The molecule has 6 rings (SSSR count). The van der Waals surface area contributed by atoms with Crippen molar-refractivity contribution in [3.05, 3.63) is 40.5 Å². The molecule has 0 bridgehead atoms. The molecule has 0 aromatic carbocycles. The van der Waals surface area contributed by atoms with Gasteiger partial charge in [-0.15, -0.1) is 23.1 Å². The van der Waals surface area contributed by atoms with E-state index in [2.05, 4.69) is 25.5 Å². The van der Waals surface area contributed by atoms with Crippen molar-refractivity contribution in [2.75, 3.05) is 48.8 Å². The minimum Gasteiger partial charge on any atom is -0.369 e. The van der Waals surface area contributed by atoms with Gasteiger partial charge >= 0.3 is 6.18 Å². The summed E-state index contributed by atoms with van der Waals surface area (Å²) in [6, 6.07) is 5.67. The zero-order valence-electron chi connectivity index (χ0n) is 20.3. The largest absolute Gasteiger partial charge is 0.420 e. The van der Waals surface area contributed by atoms with Gasteiger partial charge in [-0.25, -0.2) is 15.0 Å². The first-order chi connectivity index (χ1) is 17.9. The quantitative estimate of drug-likeness (QED) is 0.436. The predicted octanol–water partition coefficient (Wildman–Crippen LogP) is 5.45. The molecule has 12 heteroatoms. The van der Waals surface area contributed by atoms with Crippen LogP contribution in [0.5, 0.6) is 0 Å². The van der Waals surface area contributed by atoms with Crippen molar-refractivity contribution in [1.29, 1.82) is 0 Å². The SMILES string of the molecule is CCc1nc(N2CCNCC2)ccc1Nc1ncc(C(F)(F)F)c(-c2cc3c(s2)C2(CC2)OCCS3)n1. The summed E-state index contributed by atoms with van der Waals surface area (Å²) < 4.78 is 48.1. The van der Waals surface area contributed by atoms with E-state index in [0.717, 1.165) is 72.3 Å². The Balaban J connectivity index is 1.34. The number of thiophene rings is 1. The van der Waals surface area contributed by atoms with E-state index in [1.807, 2.05) is 25.1 Å². The molecular weight excluding hydrogens is 521 g/mol. The normalized spacial score (nSPS) is 19.0. The molecule has 0 atom stereocenters. The molecule has 1 saturated heterocycles. The lowest BCUT2D eigenvalue weighted by Gasteiger charge is -2.29. The Morgan fingerprint density at radius 1 is 1.19 bits per heavy atom. The summed E-state index contributed by atoms with van der Waals surface area (Å²) in [7, 11) is 0. The molecule has 7 nitrogen and oxygen atoms in total. The number of rotatable bonds is 5. The van der Waals surface area contributed by atoms with Crippen molar-refractivity contribution >= 4 is 40.6 Å². The summed E-state index contributed by atoms with van der Waals surface area (Å²) in [5.41, 5.74) is 0.224. The molecule has 0 amide bonds. The second-order valence-electron chi connectivity index (χ2n) is 9.33. The number of alkyl halides is 3. The number of aromatic nitrogens is 3. The maximum absolute atomic E-state index is 14.0. The van der Waals surface area contributed by atoms with Crippen molar-refractivity contribution in [2.45, 2.75) is 42.9 Å². The zero-order valence-corrected chi connectivity index (χ0v) is 22.0. The fourth-order valence-electron chi connectivity index (χ4n) is 4.76. The second-order valence-corrected chi connectivity index (χ2v) is 11.5. The molecule has 37 heavy (non-hydrogen) atoms. The average molecular weight is 549 g/mol.